The van der Waals surface area contributed by atoms with Gasteiger partial charge in [0, 0.05) is 5.69 Å². The molecule has 2 heterocycles. The van der Waals surface area contributed by atoms with E-state index in [-0.39, 0.29) is 5.56 Å². The molecular weight excluding hydrogens is 322 g/mol. The monoisotopic (exact) mass is 333 g/mol. The maximum atomic E-state index is 12.1. The molecule has 102 valence electrons. The van der Waals surface area contributed by atoms with Crippen LogP contribution in [0.25, 0.3) is 16.9 Å². The van der Waals surface area contributed by atoms with E-state index in [0.717, 1.165) is 15.9 Å². The average molecular weight is 334 g/mol. The molecule has 0 unspecified atom stereocenters. The molecule has 0 spiro atoms. The van der Waals surface area contributed by atoms with Crippen LogP contribution in [0.2, 0.25) is 0 Å². The lowest BCUT2D eigenvalue weighted by atomic mass is 10.2. The van der Waals surface area contributed by atoms with Crippen LogP contribution in [0, 0.1) is 13.8 Å². The highest BCUT2D eigenvalue weighted by Gasteiger charge is 2.13. The highest BCUT2D eigenvalue weighted by molar-refractivity contribution is 9.10. The Hall–Kier alpha value is -2.15. The zero-order chi connectivity index (χ0) is 14.4. The van der Waals surface area contributed by atoms with Gasteiger partial charge in [-0.2, -0.15) is 5.10 Å². The Morgan fingerprint density at radius 3 is 2.75 bits per heavy atom. The number of nitrogen functional groups attached to an aromatic ring is 1. The highest BCUT2D eigenvalue weighted by Crippen LogP contribution is 2.22. The zero-order valence-corrected chi connectivity index (χ0v) is 12.5. The van der Waals surface area contributed by atoms with Gasteiger partial charge in [0.05, 0.1) is 26.8 Å². The molecule has 0 saturated carbocycles. The van der Waals surface area contributed by atoms with Crippen LogP contribution in [0.4, 0.5) is 5.69 Å². The van der Waals surface area contributed by atoms with E-state index in [1.165, 1.54) is 0 Å². The number of nitrogens with zero attached hydrogens (tertiary/aromatic N) is 3. The number of rotatable bonds is 1. The van der Waals surface area contributed by atoms with E-state index in [9.17, 15) is 4.79 Å². The SMILES string of the molecule is Cc1nn(-c2nc3ccc(N)cc3c(=O)[nH]2)c(C)c1Br. The van der Waals surface area contributed by atoms with Crippen LogP contribution in [0.5, 0.6) is 0 Å². The summed E-state index contributed by atoms with van der Waals surface area (Å²) in [5.74, 6) is 0.388. The van der Waals surface area contributed by atoms with Crippen LogP contribution in [0.1, 0.15) is 11.4 Å². The van der Waals surface area contributed by atoms with Crippen molar-refractivity contribution in [1.82, 2.24) is 19.7 Å². The second-order valence-corrected chi connectivity index (χ2v) is 5.36. The molecule has 7 heteroatoms. The van der Waals surface area contributed by atoms with Crippen LogP contribution >= 0.6 is 15.9 Å². The molecular formula is C13H12BrN5O. The molecule has 0 bridgehead atoms. The van der Waals surface area contributed by atoms with Crippen LogP contribution in [0.15, 0.2) is 27.5 Å². The third-order valence-corrected chi connectivity index (χ3v) is 4.27. The van der Waals surface area contributed by atoms with Crippen molar-refractivity contribution in [2.75, 3.05) is 5.73 Å². The van der Waals surface area contributed by atoms with Gasteiger partial charge < -0.3 is 5.73 Å². The van der Waals surface area contributed by atoms with Crippen molar-refractivity contribution < 1.29 is 0 Å². The van der Waals surface area contributed by atoms with Crippen LogP contribution in [-0.2, 0) is 0 Å². The first-order chi connectivity index (χ1) is 9.47. The number of benzene rings is 1. The second-order valence-electron chi connectivity index (χ2n) is 4.56. The van der Waals surface area contributed by atoms with Gasteiger partial charge in [0.25, 0.3) is 5.56 Å². The average Bonchev–Trinajstić information content (AvgIpc) is 2.67. The summed E-state index contributed by atoms with van der Waals surface area (Å²) in [7, 11) is 0. The maximum absolute atomic E-state index is 12.1. The minimum Gasteiger partial charge on any atom is -0.399 e. The Balaban J connectivity index is 2.30. The molecule has 1 aromatic carbocycles. The van der Waals surface area contributed by atoms with Crippen molar-refractivity contribution >= 4 is 32.5 Å². The Bertz CT molecular complexity index is 880. The normalized spacial score (nSPS) is 11.2. The van der Waals surface area contributed by atoms with E-state index >= 15 is 0 Å². The molecule has 0 aliphatic rings. The van der Waals surface area contributed by atoms with Gasteiger partial charge in [-0.25, -0.2) is 9.67 Å². The molecule has 3 rings (SSSR count). The number of nitrogens with two attached hydrogens (primary N) is 1. The fourth-order valence-corrected chi connectivity index (χ4v) is 2.32. The van der Waals surface area contributed by atoms with E-state index in [1.54, 1.807) is 22.9 Å². The fourth-order valence-electron chi connectivity index (χ4n) is 2.07. The molecule has 3 aromatic rings. The fraction of sp³-hybridized carbons (Fsp3) is 0.154. The molecule has 0 amide bonds. The largest absolute Gasteiger partial charge is 0.399 e. The summed E-state index contributed by atoms with van der Waals surface area (Å²) < 4.78 is 2.51. The summed E-state index contributed by atoms with van der Waals surface area (Å²) in [6.45, 7) is 3.78. The molecule has 3 N–H and O–H groups in total. The third kappa shape index (κ3) is 1.90. The van der Waals surface area contributed by atoms with Gasteiger partial charge in [0.1, 0.15) is 0 Å². The minimum absolute atomic E-state index is 0.235. The van der Waals surface area contributed by atoms with Gasteiger partial charge in [-0.1, -0.05) is 0 Å². The van der Waals surface area contributed by atoms with Crippen molar-refractivity contribution in [1.29, 1.82) is 0 Å². The molecule has 0 saturated heterocycles. The summed E-state index contributed by atoms with van der Waals surface area (Å²) in [5.41, 5.74) is 8.28. The number of fused-ring (bicyclic) bond motifs is 1. The summed E-state index contributed by atoms with van der Waals surface area (Å²) in [6, 6.07) is 5.06. The zero-order valence-electron chi connectivity index (χ0n) is 10.9. The number of hydrogen-bond acceptors (Lipinski definition) is 4. The molecule has 0 atom stereocenters. The topological polar surface area (TPSA) is 89.6 Å². The van der Waals surface area contributed by atoms with E-state index in [0.29, 0.717) is 22.5 Å². The molecule has 0 fully saturated rings. The summed E-state index contributed by atoms with van der Waals surface area (Å²) in [5, 5.41) is 4.82. The standard InChI is InChI=1S/C13H12BrN5O/c1-6-11(14)7(2)19(18-6)13-16-10-4-3-8(15)5-9(10)12(20)17-13/h3-5H,15H2,1-2H3,(H,16,17,20). The quantitative estimate of drug-likeness (QED) is 0.667. The Morgan fingerprint density at radius 2 is 2.10 bits per heavy atom. The third-order valence-electron chi connectivity index (χ3n) is 3.12. The Morgan fingerprint density at radius 1 is 1.35 bits per heavy atom. The summed E-state index contributed by atoms with van der Waals surface area (Å²) in [6.07, 6.45) is 0. The molecule has 20 heavy (non-hydrogen) atoms. The highest BCUT2D eigenvalue weighted by atomic mass is 79.9. The summed E-state index contributed by atoms with van der Waals surface area (Å²) >= 11 is 3.46. The van der Waals surface area contributed by atoms with Crippen molar-refractivity contribution in [2.45, 2.75) is 13.8 Å². The number of halogens is 1. The first-order valence-corrected chi connectivity index (χ1v) is 6.78. The second kappa shape index (κ2) is 4.45. The van der Waals surface area contributed by atoms with Gasteiger partial charge >= 0.3 is 0 Å². The van der Waals surface area contributed by atoms with Gasteiger partial charge in [-0.15, -0.1) is 0 Å². The van der Waals surface area contributed by atoms with E-state index in [1.807, 2.05) is 13.8 Å². The van der Waals surface area contributed by atoms with Crippen molar-refractivity contribution in [3.63, 3.8) is 0 Å². The van der Waals surface area contributed by atoms with E-state index in [2.05, 4.69) is 31.0 Å². The first-order valence-electron chi connectivity index (χ1n) is 5.99. The van der Waals surface area contributed by atoms with Gasteiger partial charge in [0.15, 0.2) is 0 Å². The molecule has 6 nitrogen and oxygen atoms in total. The number of anilines is 1. The number of aryl methyl sites for hydroxylation is 1. The maximum Gasteiger partial charge on any atom is 0.260 e. The number of H-pyrrole nitrogens is 1. The van der Waals surface area contributed by atoms with E-state index < -0.39 is 0 Å². The van der Waals surface area contributed by atoms with Crippen molar-refractivity contribution in [2.24, 2.45) is 0 Å². The number of aromatic nitrogens is 4. The lowest BCUT2D eigenvalue weighted by Crippen LogP contribution is -2.15. The van der Waals surface area contributed by atoms with Crippen LogP contribution in [0.3, 0.4) is 0 Å². The Kier molecular flexibility index (Phi) is 2.86. The smallest absolute Gasteiger partial charge is 0.260 e. The van der Waals surface area contributed by atoms with Gasteiger partial charge in [0.2, 0.25) is 5.95 Å². The molecule has 0 aliphatic carbocycles. The minimum atomic E-state index is -0.235. The molecule has 0 radical (unpaired) electrons. The molecule has 0 aliphatic heterocycles. The van der Waals surface area contributed by atoms with Crippen LogP contribution < -0.4 is 11.3 Å². The lowest BCUT2D eigenvalue weighted by Gasteiger charge is -2.05. The van der Waals surface area contributed by atoms with Crippen LogP contribution in [-0.4, -0.2) is 19.7 Å². The van der Waals surface area contributed by atoms with E-state index in [4.69, 9.17) is 5.73 Å². The number of nitrogens with one attached hydrogen (secondary N) is 1. The summed E-state index contributed by atoms with van der Waals surface area (Å²) in [4.78, 5) is 19.3. The van der Waals surface area contributed by atoms with Crippen molar-refractivity contribution in [3.8, 4) is 5.95 Å². The first kappa shape index (κ1) is 12.9. The molecule has 2 aromatic heterocycles. The van der Waals surface area contributed by atoms with Crippen molar-refractivity contribution in [3.05, 3.63) is 44.4 Å². The lowest BCUT2D eigenvalue weighted by molar-refractivity contribution is 0.775. The Labute approximate surface area is 122 Å². The number of hydrogen-bond donors (Lipinski definition) is 2. The predicted octanol–water partition coefficient (Wildman–Crippen LogP) is 2.07. The van der Waals surface area contributed by atoms with Gasteiger partial charge in [-0.05, 0) is 48.0 Å². The van der Waals surface area contributed by atoms with Gasteiger partial charge in [-0.3, -0.25) is 9.78 Å². The predicted molar refractivity (Wildman–Crippen MR) is 81.1 cm³/mol. The number of aromatic amines is 1.